The summed E-state index contributed by atoms with van der Waals surface area (Å²) < 4.78 is 29.3. The lowest BCUT2D eigenvalue weighted by molar-refractivity contribution is 0.0620. The molecule has 1 saturated heterocycles. The van der Waals surface area contributed by atoms with Crippen molar-refractivity contribution in [2.75, 3.05) is 26.2 Å². The Bertz CT molecular complexity index is 1000. The number of hydrogen-bond acceptors (Lipinski definition) is 4. The molecule has 1 aliphatic heterocycles. The van der Waals surface area contributed by atoms with E-state index >= 15 is 0 Å². The third-order valence-electron chi connectivity index (χ3n) is 4.63. The molecule has 140 valence electrons. The Kier molecular flexibility index (Phi) is 4.88. The first-order valence-corrected chi connectivity index (χ1v) is 9.27. The van der Waals surface area contributed by atoms with Crippen molar-refractivity contribution in [3.05, 3.63) is 64.0 Å². The van der Waals surface area contributed by atoms with Gasteiger partial charge in [-0.1, -0.05) is 12.1 Å². The zero-order chi connectivity index (χ0) is 19.0. The van der Waals surface area contributed by atoms with Crippen LogP contribution in [0.3, 0.4) is 0 Å². The number of carbonyl (C=O) groups is 1. The van der Waals surface area contributed by atoms with Crippen LogP contribution < -0.4 is 0 Å². The minimum Gasteiger partial charge on any atom is -0.335 e. The first-order chi connectivity index (χ1) is 13.0. The van der Waals surface area contributed by atoms with E-state index < -0.39 is 11.6 Å². The largest absolute Gasteiger partial charge is 0.335 e. The lowest BCUT2D eigenvalue weighted by atomic mass is 10.1. The summed E-state index contributed by atoms with van der Waals surface area (Å²) in [5.74, 6) is -1.83. The van der Waals surface area contributed by atoms with E-state index in [0.717, 1.165) is 6.07 Å². The monoisotopic (exact) mass is 435 g/mol. The summed E-state index contributed by atoms with van der Waals surface area (Å²) in [5, 5.41) is 4.31. The molecule has 0 N–H and O–H groups in total. The minimum absolute atomic E-state index is 0.177. The van der Waals surface area contributed by atoms with Crippen LogP contribution in [0.25, 0.3) is 5.65 Å². The predicted octanol–water partition coefficient (Wildman–Crippen LogP) is 2.73. The minimum atomic E-state index is -0.841. The fourth-order valence-corrected chi connectivity index (χ4v) is 3.70. The molecular formula is C18H16BrF2N5O. The Morgan fingerprint density at radius 3 is 2.67 bits per heavy atom. The molecule has 1 amide bonds. The number of carbonyl (C=O) groups excluding carboxylic acids is 1. The maximum absolute atomic E-state index is 13.8. The Morgan fingerprint density at radius 1 is 1.15 bits per heavy atom. The average Bonchev–Trinajstić information content (AvgIpc) is 3.02. The van der Waals surface area contributed by atoms with E-state index in [1.807, 2.05) is 4.90 Å². The summed E-state index contributed by atoms with van der Waals surface area (Å²) in [6.45, 7) is 2.44. The molecule has 0 radical (unpaired) electrons. The Hall–Kier alpha value is -2.39. The summed E-state index contributed by atoms with van der Waals surface area (Å²) in [5.41, 5.74) is 1.23. The molecule has 1 aromatic carbocycles. The van der Waals surface area contributed by atoms with Crippen LogP contribution in [-0.4, -0.2) is 56.5 Å². The smallest absolute Gasteiger partial charge is 0.275 e. The summed E-state index contributed by atoms with van der Waals surface area (Å²) in [4.78, 5) is 20.7. The molecule has 3 heterocycles. The second-order valence-electron chi connectivity index (χ2n) is 6.33. The average molecular weight is 436 g/mol. The van der Waals surface area contributed by atoms with Crippen LogP contribution in [0.2, 0.25) is 0 Å². The molecule has 0 bridgehead atoms. The van der Waals surface area contributed by atoms with E-state index in [0.29, 0.717) is 54.1 Å². The van der Waals surface area contributed by atoms with Crippen molar-refractivity contribution in [1.29, 1.82) is 0 Å². The number of nitrogens with zero attached hydrogens (tertiary/aromatic N) is 5. The van der Waals surface area contributed by atoms with Crippen LogP contribution in [0.5, 0.6) is 0 Å². The van der Waals surface area contributed by atoms with Gasteiger partial charge in [0.2, 0.25) is 0 Å². The van der Waals surface area contributed by atoms with Crippen molar-refractivity contribution < 1.29 is 13.6 Å². The molecule has 4 rings (SSSR count). The van der Waals surface area contributed by atoms with Crippen LogP contribution in [0.15, 0.2) is 41.1 Å². The van der Waals surface area contributed by atoms with E-state index in [1.165, 1.54) is 6.07 Å². The zero-order valence-electron chi connectivity index (χ0n) is 14.3. The van der Waals surface area contributed by atoms with Crippen LogP contribution in [0.1, 0.15) is 16.1 Å². The number of halogens is 3. The summed E-state index contributed by atoms with van der Waals surface area (Å²) >= 11 is 3.41. The summed E-state index contributed by atoms with van der Waals surface area (Å²) in [7, 11) is 0. The van der Waals surface area contributed by atoms with Crippen molar-refractivity contribution in [2.45, 2.75) is 6.54 Å². The molecule has 1 aliphatic rings. The highest BCUT2D eigenvalue weighted by atomic mass is 79.9. The lowest BCUT2D eigenvalue weighted by Gasteiger charge is -2.34. The molecule has 0 atom stereocenters. The number of rotatable bonds is 3. The molecule has 0 saturated carbocycles. The quantitative estimate of drug-likeness (QED) is 0.634. The van der Waals surface area contributed by atoms with Crippen LogP contribution in [-0.2, 0) is 6.54 Å². The second kappa shape index (κ2) is 7.32. The summed E-state index contributed by atoms with van der Waals surface area (Å²) in [6, 6.07) is 5.93. The molecule has 0 aliphatic carbocycles. The van der Waals surface area contributed by atoms with Crippen LogP contribution in [0.4, 0.5) is 8.78 Å². The summed E-state index contributed by atoms with van der Waals surface area (Å²) in [6.07, 6.45) is 3.37. The van der Waals surface area contributed by atoms with Crippen molar-refractivity contribution in [1.82, 2.24) is 24.4 Å². The highest BCUT2D eigenvalue weighted by molar-refractivity contribution is 9.10. The van der Waals surface area contributed by atoms with E-state index in [2.05, 4.69) is 26.0 Å². The first kappa shape index (κ1) is 18.0. The van der Waals surface area contributed by atoms with Gasteiger partial charge in [0.05, 0.1) is 4.47 Å². The van der Waals surface area contributed by atoms with Crippen LogP contribution >= 0.6 is 15.9 Å². The predicted molar refractivity (Wildman–Crippen MR) is 98.2 cm³/mol. The van der Waals surface area contributed by atoms with Crippen LogP contribution in [0, 0.1) is 11.6 Å². The standard InChI is InChI=1S/C18H16BrF2N5O/c19-14-16(23-26-6-2-5-22-17(14)26)18(27)25-9-7-24(8-10-25)11-12-3-1-4-13(20)15(12)21/h1-6H,7-11H2. The molecule has 6 nitrogen and oxygen atoms in total. The maximum atomic E-state index is 13.8. The number of fused-ring (bicyclic) bond motifs is 1. The molecule has 27 heavy (non-hydrogen) atoms. The van der Waals surface area contributed by atoms with Crippen molar-refractivity contribution >= 4 is 27.5 Å². The molecule has 0 unspecified atom stereocenters. The third-order valence-corrected chi connectivity index (χ3v) is 5.36. The van der Waals surface area contributed by atoms with Crippen molar-refractivity contribution in [2.24, 2.45) is 0 Å². The highest BCUT2D eigenvalue weighted by Gasteiger charge is 2.27. The Balaban J connectivity index is 1.43. The Labute approximate surface area is 162 Å². The molecule has 3 aromatic rings. The van der Waals surface area contributed by atoms with Gasteiger partial charge < -0.3 is 4.90 Å². The maximum Gasteiger partial charge on any atom is 0.275 e. The number of hydrogen-bond donors (Lipinski definition) is 0. The van der Waals surface area contributed by atoms with Gasteiger partial charge in [-0.3, -0.25) is 9.69 Å². The highest BCUT2D eigenvalue weighted by Crippen LogP contribution is 2.23. The normalized spacial score (nSPS) is 15.4. The van der Waals surface area contributed by atoms with Gasteiger partial charge in [0.1, 0.15) is 0 Å². The van der Waals surface area contributed by atoms with Gasteiger partial charge in [-0.25, -0.2) is 18.3 Å². The van der Waals surface area contributed by atoms with Gasteiger partial charge in [-0.15, -0.1) is 0 Å². The van der Waals surface area contributed by atoms with E-state index in [9.17, 15) is 13.6 Å². The molecule has 1 fully saturated rings. The van der Waals surface area contributed by atoms with Gasteiger partial charge in [-0.2, -0.15) is 5.10 Å². The molecular weight excluding hydrogens is 420 g/mol. The van der Waals surface area contributed by atoms with Crippen molar-refractivity contribution in [3.8, 4) is 0 Å². The molecule has 2 aromatic heterocycles. The SMILES string of the molecule is O=C(c1nn2cccnc2c1Br)N1CCN(Cc2cccc(F)c2F)CC1. The Morgan fingerprint density at radius 2 is 1.93 bits per heavy atom. The van der Waals surface area contributed by atoms with E-state index in [-0.39, 0.29) is 5.91 Å². The number of piperazine rings is 1. The number of aromatic nitrogens is 3. The van der Waals surface area contributed by atoms with E-state index in [1.54, 1.807) is 33.9 Å². The number of benzene rings is 1. The topological polar surface area (TPSA) is 53.7 Å². The molecule has 9 heteroatoms. The fraction of sp³-hybridized carbons (Fsp3) is 0.278. The lowest BCUT2D eigenvalue weighted by Crippen LogP contribution is -2.48. The number of amides is 1. The third kappa shape index (κ3) is 3.44. The van der Waals surface area contributed by atoms with Gasteiger partial charge in [0, 0.05) is 50.7 Å². The van der Waals surface area contributed by atoms with Gasteiger partial charge in [0.25, 0.3) is 5.91 Å². The second-order valence-corrected chi connectivity index (χ2v) is 7.12. The first-order valence-electron chi connectivity index (χ1n) is 8.48. The van der Waals surface area contributed by atoms with Gasteiger partial charge in [0.15, 0.2) is 23.0 Å². The fourth-order valence-electron chi connectivity index (χ4n) is 3.17. The molecule has 0 spiro atoms. The van der Waals surface area contributed by atoms with E-state index in [4.69, 9.17) is 0 Å². The van der Waals surface area contributed by atoms with Gasteiger partial charge in [-0.05, 0) is 28.1 Å². The van der Waals surface area contributed by atoms with Crippen molar-refractivity contribution in [3.63, 3.8) is 0 Å². The van der Waals surface area contributed by atoms with Gasteiger partial charge >= 0.3 is 0 Å². The zero-order valence-corrected chi connectivity index (χ0v) is 15.9.